The highest BCUT2D eigenvalue weighted by Crippen LogP contribution is 2.37. The summed E-state index contributed by atoms with van der Waals surface area (Å²) in [6.45, 7) is 0. The third-order valence-corrected chi connectivity index (χ3v) is 4.70. The van der Waals surface area contributed by atoms with Gasteiger partial charge < -0.3 is 0 Å². The number of aromatic nitrogens is 1. The molecule has 0 aliphatic rings. The van der Waals surface area contributed by atoms with E-state index in [0.717, 1.165) is 33.5 Å². The third kappa shape index (κ3) is 3.37. The number of halogens is 2. The van der Waals surface area contributed by atoms with Gasteiger partial charge in [-0.05, 0) is 29.3 Å². The highest BCUT2D eigenvalue weighted by molar-refractivity contribution is 6.36. The van der Waals surface area contributed by atoms with E-state index in [9.17, 15) is 0 Å². The third-order valence-electron chi connectivity index (χ3n) is 4.15. The molecule has 1 aromatic heterocycles. The van der Waals surface area contributed by atoms with Gasteiger partial charge in [0.15, 0.2) is 0 Å². The van der Waals surface area contributed by atoms with Gasteiger partial charge >= 0.3 is 0 Å². The van der Waals surface area contributed by atoms with Crippen molar-refractivity contribution in [1.29, 1.82) is 0 Å². The van der Waals surface area contributed by atoms with E-state index in [2.05, 4.69) is 30.3 Å². The van der Waals surface area contributed by atoms with Crippen molar-refractivity contribution >= 4 is 23.2 Å². The van der Waals surface area contributed by atoms with Gasteiger partial charge in [0.1, 0.15) is 0 Å². The van der Waals surface area contributed by atoms with Crippen molar-refractivity contribution in [2.45, 2.75) is 0 Å². The molecule has 0 saturated carbocycles. The standard InChI is InChI=1S/C23H14Cl2N/c24-19-11-12-20(22(25)14-19)23-21(17-9-5-2-6-10-17)13-18(15-26-23)16-7-3-1-4-8-16/h1-12,14-15H. The quantitative estimate of drug-likeness (QED) is 0.369. The van der Waals surface area contributed by atoms with Crippen molar-refractivity contribution in [1.82, 2.24) is 4.98 Å². The minimum absolute atomic E-state index is 0.572. The number of pyridine rings is 1. The number of nitrogens with zero attached hydrogens (tertiary/aromatic N) is 1. The number of hydrogen-bond acceptors (Lipinski definition) is 1. The molecule has 0 bridgehead atoms. The van der Waals surface area contributed by atoms with Gasteiger partial charge in [-0.3, -0.25) is 4.98 Å². The number of rotatable bonds is 3. The summed E-state index contributed by atoms with van der Waals surface area (Å²) in [7, 11) is 0. The van der Waals surface area contributed by atoms with Gasteiger partial charge in [0.2, 0.25) is 0 Å². The Morgan fingerprint density at radius 3 is 2.04 bits per heavy atom. The first-order valence-corrected chi connectivity index (χ1v) is 8.96. The Hall–Kier alpha value is -2.61. The molecule has 0 aliphatic carbocycles. The second-order valence-electron chi connectivity index (χ2n) is 5.88. The maximum atomic E-state index is 6.44. The summed E-state index contributed by atoms with van der Waals surface area (Å²) in [5.74, 6) is 0. The van der Waals surface area contributed by atoms with E-state index in [4.69, 9.17) is 28.2 Å². The van der Waals surface area contributed by atoms with Gasteiger partial charge in [-0.25, -0.2) is 0 Å². The zero-order chi connectivity index (χ0) is 17.9. The van der Waals surface area contributed by atoms with Gasteiger partial charge in [0.25, 0.3) is 0 Å². The fourth-order valence-electron chi connectivity index (χ4n) is 2.88. The van der Waals surface area contributed by atoms with Crippen molar-refractivity contribution in [2.24, 2.45) is 0 Å². The van der Waals surface area contributed by atoms with Gasteiger partial charge in [-0.2, -0.15) is 0 Å². The van der Waals surface area contributed by atoms with Crippen LogP contribution in [0.3, 0.4) is 0 Å². The topological polar surface area (TPSA) is 12.9 Å². The lowest BCUT2D eigenvalue weighted by molar-refractivity contribution is 1.32. The molecule has 4 aromatic rings. The molecule has 0 atom stereocenters. The smallest absolute Gasteiger partial charge is 0.0802 e. The van der Waals surface area contributed by atoms with Crippen molar-refractivity contribution in [2.75, 3.05) is 0 Å². The van der Waals surface area contributed by atoms with Gasteiger partial charge in [0, 0.05) is 34.0 Å². The molecule has 26 heavy (non-hydrogen) atoms. The fraction of sp³-hybridized carbons (Fsp3) is 0. The minimum Gasteiger partial charge on any atom is -0.255 e. The van der Waals surface area contributed by atoms with Crippen LogP contribution in [0.1, 0.15) is 0 Å². The molecular weight excluding hydrogens is 361 g/mol. The first-order valence-electron chi connectivity index (χ1n) is 8.21. The van der Waals surface area contributed by atoms with E-state index in [-0.39, 0.29) is 0 Å². The Morgan fingerprint density at radius 1 is 0.731 bits per heavy atom. The minimum atomic E-state index is 0.572. The van der Waals surface area contributed by atoms with Gasteiger partial charge in [-0.15, -0.1) is 0 Å². The summed E-state index contributed by atoms with van der Waals surface area (Å²) in [6.07, 6.45) is 1.84. The SMILES string of the molecule is Clc1ccc(-c2ncc(-c3ccccc3)[c]c2-c2ccccc2)c(Cl)c1. The summed E-state index contributed by atoms with van der Waals surface area (Å²) in [5.41, 5.74) is 5.60. The van der Waals surface area contributed by atoms with Crippen molar-refractivity contribution in [3.63, 3.8) is 0 Å². The van der Waals surface area contributed by atoms with Crippen LogP contribution in [-0.2, 0) is 0 Å². The predicted molar refractivity (Wildman–Crippen MR) is 109 cm³/mol. The molecule has 0 amide bonds. The van der Waals surface area contributed by atoms with Crippen LogP contribution in [0.25, 0.3) is 33.5 Å². The van der Waals surface area contributed by atoms with Crippen molar-refractivity contribution in [3.8, 4) is 33.5 Å². The van der Waals surface area contributed by atoms with Crippen LogP contribution in [0.2, 0.25) is 10.0 Å². The second kappa shape index (κ2) is 7.33. The Balaban J connectivity index is 1.94. The van der Waals surface area contributed by atoms with Crippen LogP contribution in [0.15, 0.2) is 85.1 Å². The molecule has 1 heterocycles. The van der Waals surface area contributed by atoms with Crippen LogP contribution in [0, 0.1) is 6.07 Å². The Bertz CT molecular complexity index is 1040. The zero-order valence-electron chi connectivity index (χ0n) is 13.8. The molecule has 125 valence electrons. The van der Waals surface area contributed by atoms with Crippen LogP contribution in [-0.4, -0.2) is 4.98 Å². The first-order chi connectivity index (χ1) is 12.7. The van der Waals surface area contributed by atoms with Crippen LogP contribution in [0.4, 0.5) is 0 Å². The summed E-state index contributed by atoms with van der Waals surface area (Å²) in [6, 6.07) is 29.2. The maximum Gasteiger partial charge on any atom is 0.0802 e. The molecular formula is C23H14Cl2N. The molecule has 1 radical (unpaired) electrons. The molecule has 4 rings (SSSR count). The average molecular weight is 375 g/mol. The second-order valence-corrected chi connectivity index (χ2v) is 6.72. The van der Waals surface area contributed by atoms with Gasteiger partial charge in [0.05, 0.1) is 10.7 Å². The largest absolute Gasteiger partial charge is 0.255 e. The molecule has 0 saturated heterocycles. The van der Waals surface area contributed by atoms with Crippen LogP contribution < -0.4 is 0 Å². The average Bonchev–Trinajstić information content (AvgIpc) is 2.69. The molecule has 3 heteroatoms. The van der Waals surface area contributed by atoms with Crippen molar-refractivity contribution < 1.29 is 0 Å². The Labute approximate surface area is 162 Å². The molecule has 0 fully saturated rings. The normalized spacial score (nSPS) is 10.7. The van der Waals surface area contributed by atoms with E-state index >= 15 is 0 Å². The van der Waals surface area contributed by atoms with E-state index in [1.54, 1.807) is 6.07 Å². The lowest BCUT2D eigenvalue weighted by atomic mass is 9.96. The van der Waals surface area contributed by atoms with Crippen LogP contribution in [0.5, 0.6) is 0 Å². The number of hydrogen-bond donors (Lipinski definition) is 0. The maximum absolute atomic E-state index is 6.44. The monoisotopic (exact) mass is 374 g/mol. The molecule has 0 unspecified atom stereocenters. The number of benzene rings is 3. The molecule has 0 spiro atoms. The van der Waals surface area contributed by atoms with Gasteiger partial charge in [-0.1, -0.05) is 83.9 Å². The van der Waals surface area contributed by atoms with E-state index in [0.29, 0.717) is 10.0 Å². The van der Waals surface area contributed by atoms with E-state index in [1.165, 1.54) is 0 Å². The predicted octanol–water partition coefficient (Wildman–Crippen LogP) is 7.19. The van der Waals surface area contributed by atoms with Crippen molar-refractivity contribution in [3.05, 3.63) is 101 Å². The Morgan fingerprint density at radius 2 is 1.38 bits per heavy atom. The summed E-state index contributed by atoms with van der Waals surface area (Å²) in [5, 5.41) is 1.17. The molecule has 0 aliphatic heterocycles. The zero-order valence-corrected chi connectivity index (χ0v) is 15.3. The molecule has 0 N–H and O–H groups in total. The highest BCUT2D eigenvalue weighted by Gasteiger charge is 2.14. The fourth-order valence-corrected chi connectivity index (χ4v) is 3.38. The molecule has 1 nitrogen and oxygen atoms in total. The first kappa shape index (κ1) is 16.8. The lowest BCUT2D eigenvalue weighted by Crippen LogP contribution is -1.93. The Kier molecular flexibility index (Phi) is 4.75. The highest BCUT2D eigenvalue weighted by atomic mass is 35.5. The summed E-state index contributed by atoms with van der Waals surface area (Å²) >= 11 is 12.5. The van der Waals surface area contributed by atoms with E-state index < -0.39 is 0 Å². The van der Waals surface area contributed by atoms with E-state index in [1.807, 2.05) is 54.7 Å². The lowest BCUT2D eigenvalue weighted by Gasteiger charge is -2.13. The summed E-state index contributed by atoms with van der Waals surface area (Å²) in [4.78, 5) is 4.73. The molecule has 3 aromatic carbocycles. The van der Waals surface area contributed by atoms with Crippen LogP contribution >= 0.6 is 23.2 Å². The summed E-state index contributed by atoms with van der Waals surface area (Å²) < 4.78 is 0.